The quantitative estimate of drug-likeness (QED) is 0.538. The maximum atomic E-state index is 12.5. The van der Waals surface area contributed by atoms with E-state index in [0.717, 1.165) is 21.8 Å². The standard InChI is InChI=1S/C23H26N2O3S/c1-4-27-20-12-11-18(13-21(20)28-5-2)16(3)24-22(26)14-19-15-29-23(25-19)17-9-7-6-8-10-17/h6-13,15-16H,4-5,14H2,1-3H3,(H,24,26)/t16-/m1/s1. The average molecular weight is 411 g/mol. The number of aromatic nitrogens is 1. The Kier molecular flexibility index (Phi) is 7.25. The Balaban J connectivity index is 1.63. The van der Waals surface area contributed by atoms with Crippen LogP contribution in [-0.4, -0.2) is 24.1 Å². The van der Waals surface area contributed by atoms with Crippen LogP contribution in [0.15, 0.2) is 53.9 Å². The van der Waals surface area contributed by atoms with Gasteiger partial charge in [0.05, 0.1) is 31.4 Å². The van der Waals surface area contributed by atoms with E-state index in [9.17, 15) is 4.79 Å². The number of nitrogens with zero attached hydrogens (tertiary/aromatic N) is 1. The lowest BCUT2D eigenvalue weighted by molar-refractivity contribution is -0.121. The smallest absolute Gasteiger partial charge is 0.226 e. The maximum Gasteiger partial charge on any atom is 0.226 e. The van der Waals surface area contributed by atoms with Crippen LogP contribution in [0.4, 0.5) is 0 Å². The number of benzene rings is 2. The highest BCUT2D eigenvalue weighted by atomic mass is 32.1. The molecule has 1 N–H and O–H groups in total. The van der Waals surface area contributed by atoms with Gasteiger partial charge in [0.2, 0.25) is 5.91 Å². The Morgan fingerprint density at radius 1 is 1.07 bits per heavy atom. The van der Waals surface area contributed by atoms with Gasteiger partial charge < -0.3 is 14.8 Å². The van der Waals surface area contributed by atoms with Gasteiger partial charge in [-0.15, -0.1) is 11.3 Å². The van der Waals surface area contributed by atoms with Crippen molar-refractivity contribution in [3.05, 3.63) is 65.2 Å². The molecule has 0 aliphatic heterocycles. The number of rotatable bonds is 9. The van der Waals surface area contributed by atoms with Gasteiger partial charge in [0.25, 0.3) is 0 Å². The lowest BCUT2D eigenvalue weighted by Gasteiger charge is -2.17. The molecule has 0 aliphatic rings. The number of carbonyl (C=O) groups is 1. The van der Waals surface area contributed by atoms with Gasteiger partial charge >= 0.3 is 0 Å². The number of amides is 1. The molecule has 0 bridgehead atoms. The van der Waals surface area contributed by atoms with Crippen LogP contribution in [0, 0.1) is 0 Å². The SMILES string of the molecule is CCOc1ccc([C@@H](C)NC(=O)Cc2csc(-c3ccccc3)n2)cc1OCC. The van der Waals surface area contributed by atoms with E-state index in [1.165, 1.54) is 0 Å². The molecule has 29 heavy (non-hydrogen) atoms. The first-order valence-corrected chi connectivity index (χ1v) is 10.7. The molecule has 1 aromatic heterocycles. The van der Waals surface area contributed by atoms with Crippen LogP contribution in [0.1, 0.15) is 38.1 Å². The molecule has 0 radical (unpaired) electrons. The van der Waals surface area contributed by atoms with Crippen LogP contribution >= 0.6 is 11.3 Å². The minimum atomic E-state index is -0.149. The number of nitrogens with one attached hydrogen (secondary N) is 1. The fraction of sp³-hybridized carbons (Fsp3) is 0.304. The van der Waals surface area contributed by atoms with Crippen LogP contribution in [0.25, 0.3) is 10.6 Å². The Morgan fingerprint density at radius 2 is 1.79 bits per heavy atom. The molecule has 0 spiro atoms. The molecule has 3 rings (SSSR count). The topological polar surface area (TPSA) is 60.5 Å². The summed E-state index contributed by atoms with van der Waals surface area (Å²) in [7, 11) is 0. The highest BCUT2D eigenvalue weighted by Gasteiger charge is 2.15. The van der Waals surface area contributed by atoms with Crippen molar-refractivity contribution in [3.8, 4) is 22.1 Å². The minimum Gasteiger partial charge on any atom is -0.490 e. The molecule has 5 nitrogen and oxygen atoms in total. The van der Waals surface area contributed by atoms with Crippen LogP contribution < -0.4 is 14.8 Å². The average Bonchev–Trinajstić information content (AvgIpc) is 3.18. The van der Waals surface area contributed by atoms with Gasteiger partial charge in [-0.3, -0.25) is 4.79 Å². The third-order valence-electron chi connectivity index (χ3n) is 4.36. The van der Waals surface area contributed by atoms with Gasteiger partial charge in [0.1, 0.15) is 5.01 Å². The molecule has 0 saturated carbocycles. The number of thiazole rings is 1. The first-order chi connectivity index (χ1) is 14.1. The Morgan fingerprint density at radius 3 is 2.52 bits per heavy atom. The second-order valence-electron chi connectivity index (χ2n) is 6.55. The molecule has 1 atom stereocenters. The monoisotopic (exact) mass is 410 g/mol. The van der Waals surface area contributed by atoms with Crippen LogP contribution in [-0.2, 0) is 11.2 Å². The zero-order valence-electron chi connectivity index (χ0n) is 17.0. The Bertz CT molecular complexity index is 940. The second-order valence-corrected chi connectivity index (χ2v) is 7.41. The first kappa shape index (κ1) is 20.9. The highest BCUT2D eigenvalue weighted by molar-refractivity contribution is 7.13. The Labute approximate surface area is 175 Å². The van der Waals surface area contributed by atoms with Gasteiger partial charge in [-0.2, -0.15) is 0 Å². The summed E-state index contributed by atoms with van der Waals surface area (Å²) < 4.78 is 11.3. The van der Waals surface area contributed by atoms with Crippen LogP contribution in [0.2, 0.25) is 0 Å². The van der Waals surface area contributed by atoms with Gasteiger partial charge in [0, 0.05) is 10.9 Å². The summed E-state index contributed by atoms with van der Waals surface area (Å²) in [5.74, 6) is 1.35. The van der Waals surface area contributed by atoms with Crippen molar-refractivity contribution < 1.29 is 14.3 Å². The molecule has 6 heteroatoms. The minimum absolute atomic E-state index is 0.0609. The van der Waals surface area contributed by atoms with Gasteiger partial charge in [-0.25, -0.2) is 4.98 Å². The summed E-state index contributed by atoms with van der Waals surface area (Å²) in [5.41, 5.74) is 2.81. The van der Waals surface area contributed by atoms with E-state index in [1.807, 2.05) is 74.7 Å². The van der Waals surface area contributed by atoms with E-state index in [2.05, 4.69) is 10.3 Å². The normalized spacial score (nSPS) is 11.7. The van der Waals surface area contributed by atoms with Crippen molar-refractivity contribution in [3.63, 3.8) is 0 Å². The second kappa shape index (κ2) is 10.1. The summed E-state index contributed by atoms with van der Waals surface area (Å²) >= 11 is 1.55. The molecule has 0 saturated heterocycles. The largest absolute Gasteiger partial charge is 0.490 e. The Hall–Kier alpha value is -2.86. The lowest BCUT2D eigenvalue weighted by atomic mass is 10.1. The fourth-order valence-corrected chi connectivity index (χ4v) is 3.80. The van der Waals surface area contributed by atoms with Crippen molar-refractivity contribution in [2.75, 3.05) is 13.2 Å². The van der Waals surface area contributed by atoms with Crippen molar-refractivity contribution in [2.45, 2.75) is 33.2 Å². The van der Waals surface area contributed by atoms with Crippen molar-refractivity contribution in [1.29, 1.82) is 0 Å². The molecular weight excluding hydrogens is 384 g/mol. The molecule has 1 amide bonds. The van der Waals surface area contributed by atoms with E-state index < -0.39 is 0 Å². The molecular formula is C23H26N2O3S. The van der Waals surface area contributed by atoms with Gasteiger partial charge in [-0.05, 0) is 38.5 Å². The highest BCUT2D eigenvalue weighted by Crippen LogP contribution is 2.31. The van der Waals surface area contributed by atoms with E-state index in [-0.39, 0.29) is 18.4 Å². The zero-order valence-corrected chi connectivity index (χ0v) is 17.8. The van der Waals surface area contributed by atoms with Crippen molar-refractivity contribution in [2.24, 2.45) is 0 Å². The summed E-state index contributed by atoms with van der Waals surface area (Å²) in [6.45, 7) is 6.96. The fourth-order valence-electron chi connectivity index (χ4n) is 2.98. The van der Waals surface area contributed by atoms with Gasteiger partial charge in [0.15, 0.2) is 11.5 Å². The van der Waals surface area contributed by atoms with Crippen molar-refractivity contribution >= 4 is 17.2 Å². The summed E-state index contributed by atoms with van der Waals surface area (Å²) in [5, 5.41) is 5.91. The van der Waals surface area contributed by atoms with E-state index in [1.54, 1.807) is 11.3 Å². The van der Waals surface area contributed by atoms with Gasteiger partial charge in [-0.1, -0.05) is 36.4 Å². The summed E-state index contributed by atoms with van der Waals surface area (Å²) in [6.07, 6.45) is 0.253. The molecule has 0 aliphatic carbocycles. The third kappa shape index (κ3) is 5.57. The number of ether oxygens (including phenoxy) is 2. The predicted molar refractivity (Wildman–Crippen MR) is 117 cm³/mol. The maximum absolute atomic E-state index is 12.5. The third-order valence-corrected chi connectivity index (χ3v) is 5.30. The lowest BCUT2D eigenvalue weighted by Crippen LogP contribution is -2.28. The van der Waals surface area contributed by atoms with E-state index >= 15 is 0 Å². The molecule has 2 aromatic carbocycles. The number of hydrogen-bond donors (Lipinski definition) is 1. The van der Waals surface area contributed by atoms with Crippen LogP contribution in [0.5, 0.6) is 11.5 Å². The van der Waals surface area contributed by atoms with Crippen molar-refractivity contribution in [1.82, 2.24) is 10.3 Å². The van der Waals surface area contributed by atoms with E-state index in [4.69, 9.17) is 9.47 Å². The number of hydrogen-bond acceptors (Lipinski definition) is 5. The molecule has 0 fully saturated rings. The summed E-state index contributed by atoms with van der Waals surface area (Å²) in [4.78, 5) is 17.1. The van der Waals surface area contributed by atoms with E-state index in [0.29, 0.717) is 24.7 Å². The van der Waals surface area contributed by atoms with Crippen LogP contribution in [0.3, 0.4) is 0 Å². The number of carbonyl (C=O) groups excluding carboxylic acids is 1. The molecule has 3 aromatic rings. The predicted octanol–water partition coefficient (Wildman–Crippen LogP) is 5.03. The molecule has 1 heterocycles. The first-order valence-electron chi connectivity index (χ1n) is 9.79. The molecule has 0 unspecified atom stereocenters. The summed E-state index contributed by atoms with van der Waals surface area (Å²) in [6, 6.07) is 15.6. The zero-order chi connectivity index (χ0) is 20.6. The molecule has 152 valence electrons.